The monoisotopic (exact) mass is 283 g/mol. The molecule has 2 aromatic carbocycles. The second-order valence-corrected chi connectivity index (χ2v) is 4.79. The van der Waals surface area contributed by atoms with Gasteiger partial charge in [0.25, 0.3) is 0 Å². The van der Waals surface area contributed by atoms with Gasteiger partial charge in [0.05, 0.1) is 6.42 Å². The summed E-state index contributed by atoms with van der Waals surface area (Å²) in [6.07, 6.45) is 0.850. The Bertz CT molecular complexity index is 737. The third-order valence-electron chi connectivity index (χ3n) is 3.15. The first-order chi connectivity index (χ1) is 10.2. The zero-order valence-corrected chi connectivity index (χ0v) is 11.3. The minimum atomic E-state index is -0.262. The molecule has 0 radical (unpaired) electrons. The van der Waals surface area contributed by atoms with Crippen LogP contribution in [0.15, 0.2) is 53.1 Å². The van der Waals surface area contributed by atoms with Crippen LogP contribution in [0, 0.1) is 5.82 Å². The number of nitrogen functional groups attached to an aromatic ring is 1. The molecule has 0 bridgehead atoms. The molecule has 3 aromatic rings. The van der Waals surface area contributed by atoms with Crippen LogP contribution in [0.2, 0.25) is 0 Å². The second kappa shape index (κ2) is 5.75. The molecule has 0 unspecified atom stereocenters. The zero-order valence-electron chi connectivity index (χ0n) is 11.3. The third-order valence-corrected chi connectivity index (χ3v) is 3.15. The van der Waals surface area contributed by atoms with Crippen LogP contribution in [0.25, 0.3) is 0 Å². The molecular weight excluding hydrogens is 269 g/mol. The van der Waals surface area contributed by atoms with Gasteiger partial charge in [-0.3, -0.25) is 0 Å². The number of nitrogens with zero attached hydrogens (tertiary/aromatic N) is 2. The lowest BCUT2D eigenvalue weighted by molar-refractivity contribution is 0.380. The first-order valence-electron chi connectivity index (χ1n) is 6.60. The topological polar surface area (TPSA) is 64.9 Å². The van der Waals surface area contributed by atoms with Gasteiger partial charge < -0.3 is 10.3 Å². The smallest absolute Gasteiger partial charge is 0.231 e. The number of hydrogen-bond donors (Lipinski definition) is 1. The maximum atomic E-state index is 13.6. The van der Waals surface area contributed by atoms with Crippen LogP contribution in [-0.2, 0) is 12.8 Å². The molecular formula is C16H14FN3O. The SMILES string of the molecule is Nc1ccc(Cc2nc(Cc3ccccc3F)no2)cc1. The first-order valence-corrected chi connectivity index (χ1v) is 6.60. The van der Waals surface area contributed by atoms with Crippen molar-refractivity contribution in [3.8, 4) is 0 Å². The highest BCUT2D eigenvalue weighted by molar-refractivity contribution is 5.39. The van der Waals surface area contributed by atoms with Crippen LogP contribution in [-0.4, -0.2) is 10.1 Å². The molecule has 3 rings (SSSR count). The minimum Gasteiger partial charge on any atom is -0.399 e. The van der Waals surface area contributed by atoms with E-state index in [1.165, 1.54) is 6.07 Å². The summed E-state index contributed by atoms with van der Waals surface area (Å²) in [6, 6.07) is 14.1. The second-order valence-electron chi connectivity index (χ2n) is 4.79. The average Bonchev–Trinajstić information content (AvgIpc) is 2.91. The molecule has 0 amide bonds. The van der Waals surface area contributed by atoms with Gasteiger partial charge in [0, 0.05) is 12.1 Å². The lowest BCUT2D eigenvalue weighted by atomic mass is 10.1. The van der Waals surface area contributed by atoms with Crippen LogP contribution in [0.4, 0.5) is 10.1 Å². The molecule has 0 saturated heterocycles. The van der Waals surface area contributed by atoms with Gasteiger partial charge in [0.2, 0.25) is 5.89 Å². The maximum Gasteiger partial charge on any atom is 0.231 e. The summed E-state index contributed by atoms with van der Waals surface area (Å²) in [5.74, 6) is 0.721. The van der Waals surface area contributed by atoms with E-state index in [1.54, 1.807) is 18.2 Å². The Balaban J connectivity index is 1.72. The lowest BCUT2D eigenvalue weighted by Crippen LogP contribution is -1.95. The molecule has 5 heteroatoms. The molecule has 0 atom stereocenters. The first kappa shape index (κ1) is 13.3. The molecule has 0 saturated carbocycles. The molecule has 4 nitrogen and oxygen atoms in total. The van der Waals surface area contributed by atoms with Crippen molar-refractivity contribution in [3.63, 3.8) is 0 Å². The fraction of sp³-hybridized carbons (Fsp3) is 0.125. The third kappa shape index (κ3) is 3.25. The van der Waals surface area contributed by atoms with E-state index in [0.29, 0.717) is 35.8 Å². The van der Waals surface area contributed by atoms with Crippen LogP contribution >= 0.6 is 0 Å². The fourth-order valence-electron chi connectivity index (χ4n) is 2.06. The Labute approximate surface area is 121 Å². The molecule has 21 heavy (non-hydrogen) atoms. The summed E-state index contributed by atoms with van der Waals surface area (Å²) in [5, 5.41) is 3.89. The van der Waals surface area contributed by atoms with Crippen LogP contribution in [0.3, 0.4) is 0 Å². The summed E-state index contributed by atoms with van der Waals surface area (Å²) in [4.78, 5) is 4.29. The molecule has 0 aliphatic heterocycles. The van der Waals surface area contributed by atoms with Crippen LogP contribution < -0.4 is 5.73 Å². The summed E-state index contributed by atoms with van der Waals surface area (Å²) >= 11 is 0. The van der Waals surface area contributed by atoms with E-state index in [2.05, 4.69) is 10.1 Å². The van der Waals surface area contributed by atoms with Gasteiger partial charge in [-0.1, -0.05) is 35.5 Å². The van der Waals surface area contributed by atoms with Gasteiger partial charge in [0.1, 0.15) is 5.82 Å². The minimum absolute atomic E-state index is 0.262. The average molecular weight is 283 g/mol. The Hall–Kier alpha value is -2.69. The lowest BCUT2D eigenvalue weighted by Gasteiger charge is -1.98. The number of anilines is 1. The molecule has 0 fully saturated rings. The van der Waals surface area contributed by atoms with Crippen molar-refractivity contribution >= 4 is 5.69 Å². The van der Waals surface area contributed by atoms with E-state index in [1.807, 2.05) is 24.3 Å². The number of benzene rings is 2. The van der Waals surface area contributed by atoms with Crippen molar-refractivity contribution in [1.82, 2.24) is 10.1 Å². The molecule has 1 heterocycles. The molecule has 106 valence electrons. The zero-order chi connectivity index (χ0) is 14.7. The Morgan fingerprint density at radius 2 is 1.76 bits per heavy atom. The van der Waals surface area contributed by atoms with Crippen molar-refractivity contribution in [2.75, 3.05) is 5.73 Å². The van der Waals surface area contributed by atoms with E-state index < -0.39 is 0 Å². The van der Waals surface area contributed by atoms with Crippen molar-refractivity contribution in [2.45, 2.75) is 12.8 Å². The quantitative estimate of drug-likeness (QED) is 0.748. The van der Waals surface area contributed by atoms with E-state index in [4.69, 9.17) is 10.3 Å². The normalized spacial score (nSPS) is 10.7. The standard InChI is InChI=1S/C16H14FN3O/c17-14-4-2-1-3-12(14)10-15-19-16(21-20-15)9-11-5-7-13(18)8-6-11/h1-8H,9-10,18H2. The van der Waals surface area contributed by atoms with Gasteiger partial charge >= 0.3 is 0 Å². The van der Waals surface area contributed by atoms with E-state index >= 15 is 0 Å². The van der Waals surface area contributed by atoms with Gasteiger partial charge in [-0.05, 0) is 29.3 Å². The summed E-state index contributed by atoms with van der Waals surface area (Å²) < 4.78 is 18.8. The number of nitrogens with two attached hydrogens (primary N) is 1. The van der Waals surface area contributed by atoms with Crippen molar-refractivity contribution in [2.24, 2.45) is 0 Å². The predicted molar refractivity (Wildman–Crippen MR) is 77.2 cm³/mol. The van der Waals surface area contributed by atoms with Crippen LogP contribution in [0.1, 0.15) is 22.8 Å². The summed E-state index contributed by atoms with van der Waals surface area (Å²) in [6.45, 7) is 0. The molecule has 0 aliphatic carbocycles. The highest BCUT2D eigenvalue weighted by atomic mass is 19.1. The van der Waals surface area contributed by atoms with Gasteiger partial charge in [-0.25, -0.2) is 4.39 Å². The number of halogens is 1. The molecule has 2 N–H and O–H groups in total. The molecule has 0 spiro atoms. The highest BCUT2D eigenvalue weighted by Gasteiger charge is 2.10. The van der Waals surface area contributed by atoms with Crippen molar-refractivity contribution in [3.05, 3.63) is 77.2 Å². The van der Waals surface area contributed by atoms with E-state index in [9.17, 15) is 4.39 Å². The van der Waals surface area contributed by atoms with Crippen LogP contribution in [0.5, 0.6) is 0 Å². The molecule has 1 aromatic heterocycles. The summed E-state index contributed by atoms with van der Waals surface area (Å²) in [7, 11) is 0. The summed E-state index contributed by atoms with van der Waals surface area (Å²) in [5.41, 5.74) is 7.94. The largest absolute Gasteiger partial charge is 0.399 e. The van der Waals surface area contributed by atoms with E-state index in [0.717, 1.165) is 5.56 Å². The number of rotatable bonds is 4. The van der Waals surface area contributed by atoms with Gasteiger partial charge in [0.15, 0.2) is 5.82 Å². The molecule has 0 aliphatic rings. The van der Waals surface area contributed by atoms with Crippen molar-refractivity contribution in [1.29, 1.82) is 0 Å². The van der Waals surface area contributed by atoms with E-state index in [-0.39, 0.29) is 5.82 Å². The van der Waals surface area contributed by atoms with Gasteiger partial charge in [-0.15, -0.1) is 0 Å². The Morgan fingerprint density at radius 3 is 2.52 bits per heavy atom. The predicted octanol–water partition coefficient (Wildman–Crippen LogP) is 2.97. The maximum absolute atomic E-state index is 13.6. The fourth-order valence-corrected chi connectivity index (χ4v) is 2.06. The highest BCUT2D eigenvalue weighted by Crippen LogP contribution is 2.13. The van der Waals surface area contributed by atoms with Crippen molar-refractivity contribution < 1.29 is 8.91 Å². The Morgan fingerprint density at radius 1 is 1.00 bits per heavy atom. The van der Waals surface area contributed by atoms with Gasteiger partial charge in [-0.2, -0.15) is 4.98 Å². The number of aromatic nitrogens is 2. The number of hydrogen-bond acceptors (Lipinski definition) is 4. The Kier molecular flexibility index (Phi) is 3.64.